The van der Waals surface area contributed by atoms with Gasteiger partial charge in [-0.2, -0.15) is 0 Å². The van der Waals surface area contributed by atoms with E-state index in [2.05, 4.69) is 5.32 Å². The van der Waals surface area contributed by atoms with Crippen molar-refractivity contribution in [3.63, 3.8) is 0 Å². The van der Waals surface area contributed by atoms with Crippen molar-refractivity contribution in [1.82, 2.24) is 5.32 Å². The fourth-order valence-electron chi connectivity index (χ4n) is 3.18. The van der Waals surface area contributed by atoms with E-state index in [0.717, 1.165) is 5.56 Å². The third-order valence-electron chi connectivity index (χ3n) is 4.91. The highest BCUT2D eigenvalue weighted by atomic mass is 32.2. The number of carbonyl (C=O) groups is 1. The molecule has 160 valence electrons. The van der Waals surface area contributed by atoms with Gasteiger partial charge < -0.3 is 10.5 Å². The predicted octanol–water partition coefficient (Wildman–Crippen LogP) is 2.44. The maximum Gasteiger partial charge on any atom is 0.414 e. The maximum atomic E-state index is 12.5. The van der Waals surface area contributed by atoms with Crippen LogP contribution >= 0.6 is 0 Å². The van der Waals surface area contributed by atoms with Crippen LogP contribution in [0.4, 0.5) is 10.5 Å². The molecule has 0 aliphatic carbocycles. The smallest absolute Gasteiger partial charge is 0.414 e. The van der Waals surface area contributed by atoms with E-state index in [4.69, 9.17) is 15.9 Å². The molecule has 0 spiro atoms. The summed E-state index contributed by atoms with van der Waals surface area (Å²) < 4.78 is 30.4. The highest BCUT2D eigenvalue weighted by Gasteiger charge is 2.32. The molecular formula is C21H26N4O4S. The quantitative estimate of drug-likeness (QED) is 0.436. The summed E-state index contributed by atoms with van der Waals surface area (Å²) in [5.41, 5.74) is 7.67. The van der Waals surface area contributed by atoms with Gasteiger partial charge in [-0.05, 0) is 35.7 Å². The molecule has 2 aromatic carbocycles. The molecule has 1 saturated heterocycles. The van der Waals surface area contributed by atoms with Crippen LogP contribution in [-0.2, 0) is 14.6 Å². The Labute approximate surface area is 176 Å². The molecule has 0 aromatic heterocycles. The van der Waals surface area contributed by atoms with Gasteiger partial charge in [-0.15, -0.1) is 0 Å². The largest absolute Gasteiger partial charge is 0.443 e. The van der Waals surface area contributed by atoms with Crippen LogP contribution in [0.15, 0.2) is 53.4 Å². The van der Waals surface area contributed by atoms with Gasteiger partial charge in [-0.3, -0.25) is 15.6 Å². The van der Waals surface area contributed by atoms with Gasteiger partial charge in [0.15, 0.2) is 9.84 Å². The van der Waals surface area contributed by atoms with Crippen molar-refractivity contribution in [2.75, 3.05) is 23.9 Å². The van der Waals surface area contributed by atoms with E-state index in [9.17, 15) is 13.2 Å². The number of amides is 1. The number of nitrogens with one attached hydrogen (secondary N) is 2. The van der Waals surface area contributed by atoms with E-state index in [1.54, 1.807) is 36.4 Å². The highest BCUT2D eigenvalue weighted by molar-refractivity contribution is 7.91. The van der Waals surface area contributed by atoms with Crippen LogP contribution in [0.25, 0.3) is 0 Å². The number of sulfone groups is 1. The number of nitrogen functional groups attached to an aromatic ring is 1. The Bertz CT molecular complexity index is 1040. The zero-order valence-electron chi connectivity index (χ0n) is 17.0. The number of hydrogen-bond acceptors (Lipinski definition) is 6. The first kappa shape index (κ1) is 21.8. The lowest BCUT2D eigenvalue weighted by Gasteiger charge is -2.14. The second-order valence-corrected chi connectivity index (χ2v) is 9.51. The average Bonchev–Trinajstić information content (AvgIpc) is 3.08. The summed E-state index contributed by atoms with van der Waals surface area (Å²) in [6, 6.07) is 13.6. The van der Waals surface area contributed by atoms with E-state index in [-0.39, 0.29) is 29.7 Å². The summed E-state index contributed by atoms with van der Waals surface area (Å²) in [7, 11) is -3.49. The molecule has 1 atom stereocenters. The summed E-state index contributed by atoms with van der Waals surface area (Å²) in [4.78, 5) is 13.9. The Hall–Kier alpha value is -2.91. The molecule has 8 nitrogen and oxygen atoms in total. The minimum Gasteiger partial charge on any atom is -0.443 e. The highest BCUT2D eigenvalue weighted by Crippen LogP contribution is 2.23. The number of amidine groups is 1. The molecule has 0 radical (unpaired) electrons. The van der Waals surface area contributed by atoms with Crippen LogP contribution in [0.3, 0.4) is 0 Å². The Kier molecular flexibility index (Phi) is 6.42. The molecule has 0 bridgehead atoms. The Morgan fingerprint density at radius 3 is 2.60 bits per heavy atom. The number of nitrogens with zero attached hydrogens (tertiary/aromatic N) is 1. The molecule has 1 amide bonds. The first-order chi connectivity index (χ1) is 14.2. The minimum absolute atomic E-state index is 0.0886. The third kappa shape index (κ3) is 4.98. The Morgan fingerprint density at radius 1 is 1.27 bits per heavy atom. The molecule has 3 rings (SSSR count). The summed E-state index contributed by atoms with van der Waals surface area (Å²) in [6.07, 6.45) is -1.01. The van der Waals surface area contributed by atoms with E-state index in [1.165, 1.54) is 4.90 Å². The zero-order valence-corrected chi connectivity index (χ0v) is 17.8. The number of cyclic esters (lactones) is 1. The summed E-state index contributed by atoms with van der Waals surface area (Å²) in [6.45, 7) is 4.58. The molecule has 1 aliphatic rings. The topological polar surface area (TPSA) is 126 Å². The van der Waals surface area contributed by atoms with Crippen LogP contribution in [-0.4, -0.2) is 45.4 Å². The van der Waals surface area contributed by atoms with Gasteiger partial charge >= 0.3 is 6.09 Å². The van der Waals surface area contributed by atoms with Gasteiger partial charge in [-0.1, -0.05) is 38.1 Å². The van der Waals surface area contributed by atoms with Crippen LogP contribution in [0, 0.1) is 5.41 Å². The molecule has 2 aromatic rings. The van der Waals surface area contributed by atoms with Gasteiger partial charge in [-0.25, -0.2) is 13.2 Å². The number of nitrogens with two attached hydrogens (primary N) is 1. The van der Waals surface area contributed by atoms with Crippen molar-refractivity contribution < 1.29 is 17.9 Å². The van der Waals surface area contributed by atoms with Crippen LogP contribution in [0.1, 0.15) is 30.9 Å². The van der Waals surface area contributed by atoms with Gasteiger partial charge in [0.2, 0.25) is 0 Å². The molecule has 1 fully saturated rings. The van der Waals surface area contributed by atoms with Crippen LogP contribution in [0.5, 0.6) is 0 Å². The van der Waals surface area contributed by atoms with Crippen molar-refractivity contribution in [1.29, 1.82) is 5.41 Å². The SMILES string of the molecule is CC(C)c1ccc(S(=O)(=O)CNCC2CN(c3cccc(C(=N)N)c3)C(=O)O2)cc1. The van der Waals surface area contributed by atoms with Gasteiger partial charge in [0.1, 0.15) is 17.8 Å². The van der Waals surface area contributed by atoms with Crippen molar-refractivity contribution in [2.24, 2.45) is 5.73 Å². The van der Waals surface area contributed by atoms with Crippen molar-refractivity contribution >= 4 is 27.5 Å². The normalized spacial score (nSPS) is 16.7. The van der Waals surface area contributed by atoms with Crippen LogP contribution < -0.4 is 16.0 Å². The standard InChI is InChI=1S/C21H26N4O4S/c1-14(2)15-6-8-19(9-7-15)30(27,28)13-24-11-18-12-25(21(26)29-18)17-5-3-4-16(10-17)20(22)23/h3-10,14,18,24H,11-13H2,1-2H3,(H3,22,23). The number of anilines is 1. The molecule has 1 heterocycles. The number of benzene rings is 2. The van der Waals surface area contributed by atoms with E-state index < -0.39 is 22.0 Å². The zero-order chi connectivity index (χ0) is 21.9. The first-order valence-corrected chi connectivity index (χ1v) is 11.3. The van der Waals surface area contributed by atoms with E-state index in [1.807, 2.05) is 26.0 Å². The molecule has 0 saturated carbocycles. The lowest BCUT2D eigenvalue weighted by molar-refractivity contribution is 0.141. The molecular weight excluding hydrogens is 404 g/mol. The second-order valence-electron chi connectivity index (χ2n) is 7.52. The number of hydrogen-bond donors (Lipinski definition) is 3. The second kappa shape index (κ2) is 8.85. The molecule has 30 heavy (non-hydrogen) atoms. The summed E-state index contributed by atoms with van der Waals surface area (Å²) in [5, 5.41) is 10.4. The molecule has 4 N–H and O–H groups in total. The monoisotopic (exact) mass is 430 g/mol. The Morgan fingerprint density at radius 2 is 1.97 bits per heavy atom. The number of rotatable bonds is 8. The number of ether oxygens (including phenoxy) is 1. The fourth-order valence-corrected chi connectivity index (χ4v) is 4.28. The minimum atomic E-state index is -3.49. The lowest BCUT2D eigenvalue weighted by atomic mass is 10.0. The Balaban J connectivity index is 1.57. The average molecular weight is 431 g/mol. The van der Waals surface area contributed by atoms with E-state index in [0.29, 0.717) is 17.2 Å². The fraction of sp³-hybridized carbons (Fsp3) is 0.333. The molecule has 9 heteroatoms. The maximum absolute atomic E-state index is 12.5. The molecule has 1 aliphatic heterocycles. The first-order valence-electron chi connectivity index (χ1n) is 9.63. The van der Waals surface area contributed by atoms with Crippen molar-refractivity contribution in [3.8, 4) is 0 Å². The van der Waals surface area contributed by atoms with Crippen molar-refractivity contribution in [3.05, 3.63) is 59.7 Å². The summed E-state index contributed by atoms with van der Waals surface area (Å²) in [5.74, 6) is -0.00712. The van der Waals surface area contributed by atoms with E-state index >= 15 is 0 Å². The lowest BCUT2D eigenvalue weighted by Crippen LogP contribution is -2.34. The molecule has 1 unspecified atom stereocenters. The van der Waals surface area contributed by atoms with Crippen LogP contribution in [0.2, 0.25) is 0 Å². The van der Waals surface area contributed by atoms with Crippen molar-refractivity contribution in [2.45, 2.75) is 30.8 Å². The number of carbonyl (C=O) groups excluding carboxylic acids is 1. The van der Waals surface area contributed by atoms with Gasteiger partial charge in [0.25, 0.3) is 0 Å². The van der Waals surface area contributed by atoms with Gasteiger partial charge in [0, 0.05) is 17.8 Å². The van der Waals surface area contributed by atoms with Gasteiger partial charge in [0.05, 0.1) is 11.4 Å². The summed E-state index contributed by atoms with van der Waals surface area (Å²) >= 11 is 0. The predicted molar refractivity (Wildman–Crippen MR) is 116 cm³/mol. The third-order valence-corrected chi connectivity index (χ3v) is 6.49.